The molecule has 72 valence electrons. The molecule has 1 aromatic carbocycles. The van der Waals surface area contributed by atoms with Gasteiger partial charge in [0, 0.05) is 5.56 Å². The molecule has 0 unspecified atom stereocenters. The lowest BCUT2D eigenvalue weighted by atomic mass is 10.1. The zero-order valence-corrected chi connectivity index (χ0v) is 6.55. The highest BCUT2D eigenvalue weighted by Gasteiger charge is 2.38. The number of rotatable bonds is 1. The van der Waals surface area contributed by atoms with Gasteiger partial charge in [0.15, 0.2) is 0 Å². The zero-order valence-electron chi connectivity index (χ0n) is 6.55. The average molecular weight is 191 g/mol. The number of phenolic OH excluding ortho intramolecular Hbond substituents is 1. The summed E-state index contributed by atoms with van der Waals surface area (Å²) >= 11 is 0. The van der Waals surface area contributed by atoms with E-state index in [1.165, 1.54) is 18.2 Å². The number of aromatic hydroxyl groups is 1. The maximum atomic E-state index is 12.1. The Kier molecular flexibility index (Phi) is 2.47. The second kappa shape index (κ2) is 3.26. The zero-order chi connectivity index (χ0) is 10.1. The minimum Gasteiger partial charge on any atom is -0.508 e. The summed E-state index contributed by atoms with van der Waals surface area (Å²) in [7, 11) is 0. The molecular weight excluding hydrogens is 183 g/mol. The van der Waals surface area contributed by atoms with Crippen LogP contribution in [0, 0.1) is 0 Å². The number of halogens is 3. The lowest BCUT2D eigenvalue weighted by molar-refractivity contribution is -0.149. The number of nitrogens with two attached hydrogens (primary N) is 1. The van der Waals surface area contributed by atoms with E-state index in [1.807, 2.05) is 0 Å². The third kappa shape index (κ3) is 2.12. The molecule has 0 fully saturated rings. The van der Waals surface area contributed by atoms with Gasteiger partial charge in [-0.05, 0) is 6.07 Å². The van der Waals surface area contributed by atoms with E-state index in [1.54, 1.807) is 0 Å². The van der Waals surface area contributed by atoms with Crippen molar-refractivity contribution >= 4 is 0 Å². The standard InChI is InChI=1S/C8H8F3NO/c9-8(10,11)7(12)5-3-1-2-4-6(5)13/h1-4,7,13H,12H2/t7-/m1/s1. The molecule has 0 heterocycles. The second-order valence-electron chi connectivity index (χ2n) is 2.58. The number of hydrogen-bond acceptors (Lipinski definition) is 2. The van der Waals surface area contributed by atoms with Gasteiger partial charge in [0.25, 0.3) is 0 Å². The Balaban J connectivity index is 3.02. The van der Waals surface area contributed by atoms with Crippen molar-refractivity contribution in [2.24, 2.45) is 5.73 Å². The fraction of sp³-hybridized carbons (Fsp3) is 0.250. The van der Waals surface area contributed by atoms with Crippen molar-refractivity contribution in [2.45, 2.75) is 12.2 Å². The van der Waals surface area contributed by atoms with Gasteiger partial charge >= 0.3 is 6.18 Å². The minimum atomic E-state index is -4.53. The van der Waals surface area contributed by atoms with Crippen LogP contribution in [0.5, 0.6) is 5.75 Å². The minimum absolute atomic E-state index is 0.310. The largest absolute Gasteiger partial charge is 0.508 e. The molecule has 3 N–H and O–H groups in total. The van der Waals surface area contributed by atoms with E-state index in [0.29, 0.717) is 0 Å². The highest BCUT2D eigenvalue weighted by molar-refractivity contribution is 5.34. The summed E-state index contributed by atoms with van der Waals surface area (Å²) in [5.41, 5.74) is 4.58. The highest BCUT2D eigenvalue weighted by atomic mass is 19.4. The molecule has 0 saturated carbocycles. The van der Waals surface area contributed by atoms with Crippen molar-refractivity contribution in [2.75, 3.05) is 0 Å². The van der Waals surface area contributed by atoms with Crippen molar-refractivity contribution in [1.82, 2.24) is 0 Å². The van der Waals surface area contributed by atoms with Crippen molar-refractivity contribution < 1.29 is 18.3 Å². The van der Waals surface area contributed by atoms with Crippen LogP contribution < -0.4 is 5.73 Å². The normalized spacial score (nSPS) is 14.2. The predicted octanol–water partition coefficient (Wildman–Crippen LogP) is 1.95. The fourth-order valence-electron chi connectivity index (χ4n) is 0.927. The SMILES string of the molecule is N[C@H](c1ccccc1O)C(F)(F)F. The molecule has 0 amide bonds. The first-order valence-corrected chi connectivity index (χ1v) is 3.53. The lowest BCUT2D eigenvalue weighted by Crippen LogP contribution is -2.28. The van der Waals surface area contributed by atoms with Crippen molar-refractivity contribution in [1.29, 1.82) is 0 Å². The number of hydrogen-bond donors (Lipinski definition) is 2. The van der Waals surface area contributed by atoms with E-state index in [2.05, 4.69) is 0 Å². The molecular formula is C8H8F3NO. The Labute approximate surface area is 72.8 Å². The molecule has 0 spiro atoms. The van der Waals surface area contributed by atoms with E-state index in [-0.39, 0.29) is 5.56 Å². The molecule has 0 saturated heterocycles. The van der Waals surface area contributed by atoms with Crippen molar-refractivity contribution in [3.05, 3.63) is 29.8 Å². The average Bonchev–Trinajstić information content (AvgIpc) is 2.02. The molecule has 0 aliphatic heterocycles. The molecule has 0 radical (unpaired) electrons. The molecule has 5 heteroatoms. The van der Waals surface area contributed by atoms with E-state index in [0.717, 1.165) is 6.07 Å². The molecule has 0 aliphatic carbocycles. The first-order chi connectivity index (χ1) is 5.93. The van der Waals surface area contributed by atoms with Gasteiger partial charge in [-0.1, -0.05) is 18.2 Å². The van der Waals surface area contributed by atoms with E-state index >= 15 is 0 Å². The second-order valence-corrected chi connectivity index (χ2v) is 2.58. The van der Waals surface area contributed by atoms with Gasteiger partial charge in [-0.2, -0.15) is 13.2 Å². The Morgan fingerprint density at radius 1 is 1.23 bits per heavy atom. The molecule has 1 rings (SSSR count). The molecule has 2 nitrogen and oxygen atoms in total. The van der Waals surface area contributed by atoms with Crippen LogP contribution in [0.15, 0.2) is 24.3 Å². The number of para-hydroxylation sites is 1. The fourth-order valence-corrected chi connectivity index (χ4v) is 0.927. The predicted molar refractivity (Wildman–Crippen MR) is 41.1 cm³/mol. The number of benzene rings is 1. The van der Waals surface area contributed by atoms with Gasteiger partial charge in [-0.3, -0.25) is 0 Å². The van der Waals surface area contributed by atoms with Crippen LogP contribution in [0.2, 0.25) is 0 Å². The van der Waals surface area contributed by atoms with Crippen LogP contribution >= 0.6 is 0 Å². The van der Waals surface area contributed by atoms with E-state index in [4.69, 9.17) is 10.8 Å². The van der Waals surface area contributed by atoms with Gasteiger partial charge in [-0.15, -0.1) is 0 Å². The maximum Gasteiger partial charge on any atom is 0.407 e. The van der Waals surface area contributed by atoms with Crippen molar-refractivity contribution in [3.8, 4) is 5.75 Å². The topological polar surface area (TPSA) is 46.2 Å². The Morgan fingerprint density at radius 3 is 2.23 bits per heavy atom. The number of alkyl halides is 3. The van der Waals surface area contributed by atoms with Crippen LogP contribution in [0.4, 0.5) is 13.2 Å². The van der Waals surface area contributed by atoms with Gasteiger partial charge in [-0.25, -0.2) is 0 Å². The summed E-state index contributed by atoms with van der Waals surface area (Å²) in [5, 5.41) is 9.06. The Bertz CT molecular complexity index is 298. The van der Waals surface area contributed by atoms with Gasteiger partial charge < -0.3 is 10.8 Å². The van der Waals surface area contributed by atoms with E-state index in [9.17, 15) is 13.2 Å². The van der Waals surface area contributed by atoms with Crippen molar-refractivity contribution in [3.63, 3.8) is 0 Å². The van der Waals surface area contributed by atoms with Gasteiger partial charge in [0.05, 0.1) is 0 Å². The summed E-state index contributed by atoms with van der Waals surface area (Å²) in [6.45, 7) is 0. The Morgan fingerprint density at radius 2 is 1.77 bits per heavy atom. The first-order valence-electron chi connectivity index (χ1n) is 3.53. The molecule has 0 aromatic heterocycles. The number of phenols is 1. The summed E-state index contributed by atoms with van der Waals surface area (Å²) in [6, 6.07) is 3.01. The first kappa shape index (κ1) is 9.85. The Hall–Kier alpha value is -1.23. The smallest absolute Gasteiger partial charge is 0.407 e. The maximum absolute atomic E-state index is 12.1. The molecule has 1 atom stereocenters. The van der Waals surface area contributed by atoms with Crippen LogP contribution in [-0.2, 0) is 0 Å². The van der Waals surface area contributed by atoms with E-state index < -0.39 is 18.0 Å². The molecule has 0 aliphatic rings. The summed E-state index contributed by atoms with van der Waals surface area (Å²) in [6.07, 6.45) is -4.53. The summed E-state index contributed by atoms with van der Waals surface area (Å²) < 4.78 is 36.2. The van der Waals surface area contributed by atoms with Gasteiger partial charge in [0.2, 0.25) is 0 Å². The monoisotopic (exact) mass is 191 g/mol. The quantitative estimate of drug-likeness (QED) is 0.712. The molecule has 1 aromatic rings. The molecule has 0 bridgehead atoms. The highest BCUT2D eigenvalue weighted by Crippen LogP contribution is 2.34. The lowest BCUT2D eigenvalue weighted by Gasteiger charge is -2.16. The third-order valence-corrected chi connectivity index (χ3v) is 1.62. The van der Waals surface area contributed by atoms with Crippen LogP contribution in [-0.4, -0.2) is 11.3 Å². The van der Waals surface area contributed by atoms with Gasteiger partial charge in [0.1, 0.15) is 11.8 Å². The third-order valence-electron chi connectivity index (χ3n) is 1.62. The van der Waals surface area contributed by atoms with Crippen LogP contribution in [0.25, 0.3) is 0 Å². The summed E-state index contributed by atoms with van der Waals surface area (Å²) in [4.78, 5) is 0. The molecule has 13 heavy (non-hydrogen) atoms. The van der Waals surface area contributed by atoms with Crippen LogP contribution in [0.1, 0.15) is 11.6 Å². The summed E-state index contributed by atoms with van der Waals surface area (Å²) in [5.74, 6) is -0.438. The van der Waals surface area contributed by atoms with Crippen LogP contribution in [0.3, 0.4) is 0 Å².